The summed E-state index contributed by atoms with van der Waals surface area (Å²) in [6.45, 7) is 5.74. The number of carboxylic acid groups (broad SMARTS) is 1. The Balaban J connectivity index is 2.74. The number of aliphatic carboxylic acids is 1. The Bertz CT molecular complexity index is 1670. The summed E-state index contributed by atoms with van der Waals surface area (Å²) in [6, 6.07) is 0. The monoisotopic (exact) mass is 1050 g/mol. The molecule has 1 saturated heterocycles. The Hall–Kier alpha value is -4.36. The minimum atomic E-state index is -1.92. The fourth-order valence-corrected chi connectivity index (χ4v) is 8.12. The third kappa shape index (κ3) is 40.6. The van der Waals surface area contributed by atoms with Gasteiger partial charge in [0.05, 0.1) is 6.61 Å². The Kier molecular flexibility index (Phi) is 46.2. The smallest absolute Gasteiger partial charge is 0.335 e. The molecule has 0 aromatic rings. The zero-order valence-electron chi connectivity index (χ0n) is 46.8. The van der Waals surface area contributed by atoms with Crippen LogP contribution in [0.25, 0.3) is 0 Å². The van der Waals surface area contributed by atoms with Crippen molar-refractivity contribution in [3.05, 3.63) is 97.2 Å². The lowest BCUT2D eigenvalue weighted by molar-refractivity contribution is -0.301. The van der Waals surface area contributed by atoms with E-state index >= 15 is 0 Å². The minimum Gasteiger partial charge on any atom is -0.479 e. The summed E-state index contributed by atoms with van der Waals surface area (Å²) in [7, 11) is 0. The van der Waals surface area contributed by atoms with Crippen molar-refractivity contribution in [1.82, 2.24) is 0 Å². The van der Waals surface area contributed by atoms with Gasteiger partial charge in [0.25, 0.3) is 0 Å². The Morgan fingerprint density at radius 3 is 1.37 bits per heavy atom. The van der Waals surface area contributed by atoms with E-state index in [0.29, 0.717) is 25.7 Å². The average Bonchev–Trinajstić information content (AvgIpc) is 3.39. The molecule has 1 fully saturated rings. The lowest BCUT2D eigenvalue weighted by atomic mass is 9.98. The number of unbranched alkanes of at least 4 members (excludes halogenated alkanes) is 18. The molecule has 6 atom stereocenters. The first-order valence-electron chi connectivity index (χ1n) is 29.2. The molecule has 1 aliphatic rings. The van der Waals surface area contributed by atoms with Crippen LogP contribution in [0.4, 0.5) is 0 Å². The van der Waals surface area contributed by atoms with Gasteiger partial charge in [-0.3, -0.25) is 14.4 Å². The third-order valence-corrected chi connectivity index (χ3v) is 12.6. The summed E-state index contributed by atoms with van der Waals surface area (Å²) >= 11 is 0. The molecule has 0 radical (unpaired) electrons. The van der Waals surface area contributed by atoms with Gasteiger partial charge in [-0.25, -0.2) is 4.79 Å². The number of aliphatic hydroxyl groups excluding tert-OH is 2. The molecular formula is C63H102O12. The molecule has 12 nitrogen and oxygen atoms in total. The Morgan fingerprint density at radius 2 is 0.867 bits per heavy atom. The van der Waals surface area contributed by atoms with Gasteiger partial charge in [0.2, 0.25) is 0 Å². The van der Waals surface area contributed by atoms with Gasteiger partial charge in [0.1, 0.15) is 18.8 Å². The van der Waals surface area contributed by atoms with Gasteiger partial charge in [-0.2, -0.15) is 0 Å². The fraction of sp³-hybridized carbons (Fsp3) is 0.683. The number of hydrogen-bond acceptors (Lipinski definition) is 11. The summed E-state index contributed by atoms with van der Waals surface area (Å²) in [5.41, 5.74) is 0. The maximum atomic E-state index is 13.1. The highest BCUT2D eigenvalue weighted by molar-refractivity contribution is 5.74. The Morgan fingerprint density at radius 1 is 0.453 bits per heavy atom. The molecule has 0 aliphatic carbocycles. The molecule has 1 rings (SSSR count). The summed E-state index contributed by atoms with van der Waals surface area (Å²) in [4.78, 5) is 51.0. The highest BCUT2D eigenvalue weighted by atomic mass is 16.7. The van der Waals surface area contributed by atoms with Crippen molar-refractivity contribution >= 4 is 23.9 Å². The van der Waals surface area contributed by atoms with E-state index < -0.39 is 67.3 Å². The van der Waals surface area contributed by atoms with Gasteiger partial charge in [-0.15, -0.1) is 0 Å². The molecule has 6 unspecified atom stereocenters. The third-order valence-electron chi connectivity index (χ3n) is 12.6. The first-order valence-corrected chi connectivity index (χ1v) is 29.2. The second kappa shape index (κ2) is 50.5. The van der Waals surface area contributed by atoms with Crippen molar-refractivity contribution in [2.24, 2.45) is 0 Å². The zero-order chi connectivity index (χ0) is 54.7. The van der Waals surface area contributed by atoms with Crippen LogP contribution in [-0.2, 0) is 42.9 Å². The van der Waals surface area contributed by atoms with Gasteiger partial charge >= 0.3 is 23.9 Å². The minimum absolute atomic E-state index is 0.0394. The lowest BCUT2D eigenvalue weighted by Crippen LogP contribution is -2.61. The van der Waals surface area contributed by atoms with Crippen LogP contribution < -0.4 is 0 Å². The van der Waals surface area contributed by atoms with Crippen molar-refractivity contribution in [2.75, 3.05) is 13.2 Å². The molecule has 0 amide bonds. The van der Waals surface area contributed by atoms with Crippen LogP contribution in [0.5, 0.6) is 0 Å². The normalized spacial score (nSPS) is 18.9. The van der Waals surface area contributed by atoms with Gasteiger partial charge in [0, 0.05) is 19.3 Å². The number of rotatable bonds is 48. The zero-order valence-corrected chi connectivity index (χ0v) is 46.8. The van der Waals surface area contributed by atoms with E-state index in [1.54, 1.807) is 0 Å². The molecular weight excluding hydrogens is 949 g/mol. The summed E-state index contributed by atoms with van der Waals surface area (Å²) in [6.07, 6.45) is 53.9. The number of allylic oxidation sites excluding steroid dienone is 16. The predicted octanol–water partition coefficient (Wildman–Crippen LogP) is 14.9. The van der Waals surface area contributed by atoms with E-state index in [-0.39, 0.29) is 25.9 Å². The highest BCUT2D eigenvalue weighted by Crippen LogP contribution is 2.26. The topological polar surface area (TPSA) is 175 Å². The first kappa shape index (κ1) is 68.7. The number of carbonyl (C=O) groups is 4. The number of esters is 3. The molecule has 426 valence electrons. The molecule has 0 bridgehead atoms. The first-order chi connectivity index (χ1) is 36.6. The van der Waals surface area contributed by atoms with Crippen molar-refractivity contribution in [3.8, 4) is 0 Å². The lowest BCUT2D eigenvalue weighted by Gasteiger charge is -2.40. The standard InChI is InChI=1S/C63H102O12/c1-4-7-10-13-16-19-22-24-26-28-30-32-35-37-40-43-46-49-55(64)71-52-54(73-56(65)50-47-44-41-39-36-33-31-29-27-25-23-20-17-14-11-8-5-2)53-72-63-61(59(68)58(67)60(75-63)62(69)70)74-57(66)51-48-45-42-38-34-21-18-15-12-9-6-3/h7,10,15-20,24-27,30,32,37,40,54,58-61,63,67-68H,4-6,8-9,11-14,21-23,28-29,31,33-36,38-39,41-53H2,1-3H3,(H,69,70)/b10-7-,18-15-,19-16-,20-17-,26-24-,27-25-,32-30-,40-37-. The largest absolute Gasteiger partial charge is 0.479 e. The van der Waals surface area contributed by atoms with Crippen LogP contribution in [-0.4, -0.2) is 89.2 Å². The van der Waals surface area contributed by atoms with Gasteiger partial charge in [0.15, 0.2) is 24.6 Å². The van der Waals surface area contributed by atoms with Crippen LogP contribution in [0.1, 0.15) is 226 Å². The summed E-state index contributed by atoms with van der Waals surface area (Å²) in [5.74, 6) is -3.23. The van der Waals surface area contributed by atoms with E-state index in [0.717, 1.165) is 128 Å². The van der Waals surface area contributed by atoms with Gasteiger partial charge < -0.3 is 39.0 Å². The number of ether oxygens (including phenoxy) is 5. The SMILES string of the molecule is CC/C=C\C/C=C\C/C=C\C/C=C\C/C=C\CCCC(=O)OCC(COC1OC(C(=O)O)C(O)C(O)C1OC(=O)CCCCCCC/C=C\CCCC)OC(=O)CCCCCCCCC/C=C\C/C=C\CCCCC. The van der Waals surface area contributed by atoms with Crippen LogP contribution in [0.2, 0.25) is 0 Å². The van der Waals surface area contributed by atoms with Crippen LogP contribution in [0.15, 0.2) is 97.2 Å². The van der Waals surface area contributed by atoms with Crippen molar-refractivity contribution < 1.29 is 58.2 Å². The molecule has 3 N–H and O–H groups in total. The number of hydrogen-bond donors (Lipinski definition) is 3. The average molecular weight is 1050 g/mol. The molecule has 0 spiro atoms. The van der Waals surface area contributed by atoms with Crippen molar-refractivity contribution in [1.29, 1.82) is 0 Å². The highest BCUT2D eigenvalue weighted by Gasteiger charge is 2.50. The summed E-state index contributed by atoms with van der Waals surface area (Å²) in [5, 5.41) is 31.4. The molecule has 0 saturated carbocycles. The number of carboxylic acids is 1. The van der Waals surface area contributed by atoms with E-state index in [2.05, 4.69) is 112 Å². The second-order valence-corrected chi connectivity index (χ2v) is 19.5. The molecule has 12 heteroatoms. The fourth-order valence-electron chi connectivity index (χ4n) is 8.12. The summed E-state index contributed by atoms with van der Waals surface area (Å²) < 4.78 is 28.3. The molecule has 75 heavy (non-hydrogen) atoms. The quantitative estimate of drug-likeness (QED) is 0.0228. The van der Waals surface area contributed by atoms with E-state index in [4.69, 9.17) is 23.7 Å². The molecule has 0 aromatic heterocycles. The number of carbonyl (C=O) groups excluding carboxylic acids is 3. The molecule has 0 aromatic carbocycles. The van der Waals surface area contributed by atoms with Crippen LogP contribution in [0.3, 0.4) is 0 Å². The van der Waals surface area contributed by atoms with Crippen LogP contribution >= 0.6 is 0 Å². The van der Waals surface area contributed by atoms with Crippen LogP contribution in [0, 0.1) is 0 Å². The molecule has 1 aliphatic heterocycles. The van der Waals surface area contributed by atoms with E-state index in [1.807, 2.05) is 6.08 Å². The second-order valence-electron chi connectivity index (χ2n) is 19.5. The Labute approximate surface area is 453 Å². The molecule has 1 heterocycles. The van der Waals surface area contributed by atoms with E-state index in [1.165, 1.54) is 32.1 Å². The van der Waals surface area contributed by atoms with E-state index in [9.17, 15) is 34.5 Å². The van der Waals surface area contributed by atoms with Gasteiger partial charge in [-0.1, -0.05) is 195 Å². The number of aliphatic hydroxyl groups is 2. The maximum absolute atomic E-state index is 13.1. The van der Waals surface area contributed by atoms with Crippen molar-refractivity contribution in [3.63, 3.8) is 0 Å². The predicted molar refractivity (Wildman–Crippen MR) is 303 cm³/mol. The van der Waals surface area contributed by atoms with Crippen molar-refractivity contribution in [2.45, 2.75) is 263 Å². The van der Waals surface area contributed by atoms with Gasteiger partial charge in [-0.05, 0) is 109 Å². The maximum Gasteiger partial charge on any atom is 0.335 e.